The van der Waals surface area contributed by atoms with Crippen molar-refractivity contribution in [3.63, 3.8) is 0 Å². The highest BCUT2D eigenvalue weighted by molar-refractivity contribution is 5.69. The van der Waals surface area contributed by atoms with E-state index in [1.165, 1.54) is 231 Å². The highest BCUT2D eigenvalue weighted by atomic mass is 16.5. The van der Waals surface area contributed by atoms with Gasteiger partial charge in [-0.2, -0.15) is 0 Å². The number of carbonyl (C=O) groups is 2. The number of rotatable bonds is 49. The molecule has 0 bridgehead atoms. The normalized spacial score (nSPS) is 12.1. The van der Waals surface area contributed by atoms with Crippen molar-refractivity contribution >= 4 is 11.9 Å². The fourth-order valence-electron chi connectivity index (χ4n) is 8.67. The van der Waals surface area contributed by atoms with Crippen LogP contribution in [0.25, 0.3) is 0 Å². The third-order valence-corrected chi connectivity index (χ3v) is 12.7. The second-order valence-corrected chi connectivity index (χ2v) is 18.7. The Labute approximate surface area is 365 Å². The maximum Gasteiger partial charge on any atom is 0.306 e. The summed E-state index contributed by atoms with van der Waals surface area (Å²) in [5.41, 5.74) is 0. The minimum absolute atomic E-state index is 0.0238. The first kappa shape index (κ1) is 56.9. The van der Waals surface area contributed by atoms with Crippen LogP contribution in [0.15, 0.2) is 0 Å². The maximum atomic E-state index is 12.7. The molecule has 0 N–H and O–H groups in total. The largest absolute Gasteiger partial charge is 0.465 e. The lowest BCUT2D eigenvalue weighted by molar-refractivity contribution is -0.150. The Bertz CT molecular complexity index is 795. The molecule has 0 radical (unpaired) electrons. The van der Waals surface area contributed by atoms with Gasteiger partial charge in [-0.15, -0.1) is 0 Å². The van der Waals surface area contributed by atoms with E-state index in [1.807, 2.05) is 0 Å². The summed E-state index contributed by atoms with van der Waals surface area (Å²) in [6.07, 6.45) is 56.4. The van der Waals surface area contributed by atoms with Crippen molar-refractivity contribution in [2.75, 3.05) is 6.61 Å². The molecular formula is C54H106O4. The van der Waals surface area contributed by atoms with Gasteiger partial charge in [0.05, 0.1) is 6.61 Å². The topological polar surface area (TPSA) is 52.6 Å². The summed E-state index contributed by atoms with van der Waals surface area (Å²) in [6.45, 7) is 9.75. The molecule has 0 aliphatic heterocycles. The van der Waals surface area contributed by atoms with Crippen LogP contribution in [0.1, 0.15) is 317 Å². The first-order valence-corrected chi connectivity index (χ1v) is 26.9. The van der Waals surface area contributed by atoms with Gasteiger partial charge >= 0.3 is 11.9 Å². The molecular weight excluding hydrogens is 713 g/mol. The van der Waals surface area contributed by atoms with Crippen LogP contribution in [-0.2, 0) is 19.1 Å². The van der Waals surface area contributed by atoms with Gasteiger partial charge in [0.15, 0.2) is 0 Å². The van der Waals surface area contributed by atoms with Gasteiger partial charge in [0, 0.05) is 12.8 Å². The van der Waals surface area contributed by atoms with Gasteiger partial charge in [-0.25, -0.2) is 0 Å². The predicted octanol–water partition coefficient (Wildman–Crippen LogP) is 18.7. The van der Waals surface area contributed by atoms with E-state index in [2.05, 4.69) is 27.7 Å². The van der Waals surface area contributed by atoms with Crippen molar-refractivity contribution < 1.29 is 19.1 Å². The van der Waals surface area contributed by atoms with Gasteiger partial charge < -0.3 is 9.47 Å². The maximum absolute atomic E-state index is 12.7. The molecule has 0 aliphatic carbocycles. The van der Waals surface area contributed by atoms with Crippen molar-refractivity contribution in [2.24, 2.45) is 5.92 Å². The molecule has 0 saturated carbocycles. The van der Waals surface area contributed by atoms with Gasteiger partial charge in [0.1, 0.15) is 6.10 Å². The molecule has 58 heavy (non-hydrogen) atoms. The standard InChI is InChI=1S/C54H106O4/c1-5-9-13-17-20-21-22-23-24-25-26-27-32-37-43-49-54(56)58-52(46-40-16-12-8-4)47-41-35-30-28-29-31-36-42-48-53(55)57-50-51(44-38-33-18-14-10-6-2)45-39-34-19-15-11-7-3/h51-52H,5-50H2,1-4H3. The second kappa shape index (κ2) is 48.6. The van der Waals surface area contributed by atoms with Crippen molar-refractivity contribution in [2.45, 2.75) is 323 Å². The van der Waals surface area contributed by atoms with Crippen molar-refractivity contribution in [3.05, 3.63) is 0 Å². The summed E-state index contributed by atoms with van der Waals surface area (Å²) in [5, 5.41) is 0. The lowest BCUT2D eigenvalue weighted by atomic mass is 9.94. The second-order valence-electron chi connectivity index (χ2n) is 18.7. The first-order chi connectivity index (χ1) is 28.6. The summed E-state index contributed by atoms with van der Waals surface area (Å²) in [5.74, 6) is 0.615. The van der Waals surface area contributed by atoms with Gasteiger partial charge in [-0.1, -0.05) is 252 Å². The minimum atomic E-state index is 0.0238. The Morgan fingerprint density at radius 2 is 0.569 bits per heavy atom. The minimum Gasteiger partial charge on any atom is -0.465 e. The SMILES string of the molecule is CCCCCCCCCCCCCCCCCC(=O)OC(CCCCCC)CCCCCCCCCCC(=O)OCC(CCCCCCCC)CCCCCCCC. The monoisotopic (exact) mass is 819 g/mol. The zero-order valence-corrected chi connectivity index (χ0v) is 40.3. The molecule has 0 heterocycles. The number of ether oxygens (including phenoxy) is 2. The average molecular weight is 819 g/mol. The number of hydrogen-bond acceptors (Lipinski definition) is 4. The van der Waals surface area contributed by atoms with E-state index in [9.17, 15) is 9.59 Å². The van der Waals surface area contributed by atoms with E-state index in [4.69, 9.17) is 9.47 Å². The lowest BCUT2D eigenvalue weighted by Crippen LogP contribution is -2.18. The Kier molecular flexibility index (Phi) is 47.7. The molecule has 0 aromatic rings. The molecule has 4 heteroatoms. The molecule has 0 aromatic carbocycles. The molecule has 0 rings (SSSR count). The predicted molar refractivity (Wildman–Crippen MR) is 255 cm³/mol. The smallest absolute Gasteiger partial charge is 0.306 e. The molecule has 0 amide bonds. The number of esters is 2. The Morgan fingerprint density at radius 3 is 0.914 bits per heavy atom. The van der Waals surface area contributed by atoms with Gasteiger partial charge in [0.2, 0.25) is 0 Å². The molecule has 0 aliphatic rings. The van der Waals surface area contributed by atoms with Crippen molar-refractivity contribution in [1.29, 1.82) is 0 Å². The molecule has 0 saturated heterocycles. The van der Waals surface area contributed by atoms with Crippen LogP contribution in [-0.4, -0.2) is 24.6 Å². The zero-order valence-electron chi connectivity index (χ0n) is 40.3. The van der Waals surface area contributed by atoms with Crippen LogP contribution in [0.3, 0.4) is 0 Å². The summed E-state index contributed by atoms with van der Waals surface area (Å²) in [4.78, 5) is 25.3. The van der Waals surface area contributed by atoms with Gasteiger partial charge in [-0.3, -0.25) is 9.59 Å². The Hall–Kier alpha value is -1.06. The van der Waals surface area contributed by atoms with Gasteiger partial charge in [0.25, 0.3) is 0 Å². The molecule has 0 fully saturated rings. The molecule has 0 spiro atoms. The summed E-state index contributed by atoms with van der Waals surface area (Å²) in [6, 6.07) is 0. The number of hydrogen-bond donors (Lipinski definition) is 0. The molecule has 4 nitrogen and oxygen atoms in total. The van der Waals surface area contributed by atoms with Crippen molar-refractivity contribution in [1.82, 2.24) is 0 Å². The number of carbonyl (C=O) groups excluding carboxylic acids is 2. The van der Waals surface area contributed by atoms with E-state index in [1.54, 1.807) is 0 Å². The Balaban J connectivity index is 4.05. The van der Waals surface area contributed by atoms with E-state index >= 15 is 0 Å². The highest BCUT2D eigenvalue weighted by Gasteiger charge is 2.15. The third-order valence-electron chi connectivity index (χ3n) is 12.7. The zero-order chi connectivity index (χ0) is 42.3. The summed E-state index contributed by atoms with van der Waals surface area (Å²) in [7, 11) is 0. The number of unbranched alkanes of at least 4 members (excludes halogenated alkanes) is 34. The van der Waals surface area contributed by atoms with Crippen LogP contribution in [0.4, 0.5) is 0 Å². The quantitative estimate of drug-likeness (QED) is 0.0453. The van der Waals surface area contributed by atoms with E-state index < -0.39 is 0 Å². The van der Waals surface area contributed by atoms with E-state index in [-0.39, 0.29) is 18.0 Å². The summed E-state index contributed by atoms with van der Waals surface area (Å²) >= 11 is 0. The highest BCUT2D eigenvalue weighted by Crippen LogP contribution is 2.22. The molecule has 1 unspecified atom stereocenters. The van der Waals surface area contributed by atoms with Crippen LogP contribution < -0.4 is 0 Å². The van der Waals surface area contributed by atoms with Crippen LogP contribution in [0.2, 0.25) is 0 Å². The fraction of sp³-hybridized carbons (Fsp3) is 0.963. The van der Waals surface area contributed by atoms with Crippen LogP contribution in [0.5, 0.6) is 0 Å². The average Bonchev–Trinajstić information content (AvgIpc) is 3.22. The van der Waals surface area contributed by atoms with E-state index in [0.717, 1.165) is 44.9 Å². The van der Waals surface area contributed by atoms with E-state index in [0.29, 0.717) is 25.4 Å². The van der Waals surface area contributed by atoms with Crippen LogP contribution in [0, 0.1) is 5.92 Å². The molecule has 0 aromatic heterocycles. The molecule has 346 valence electrons. The third kappa shape index (κ3) is 44.5. The van der Waals surface area contributed by atoms with Crippen molar-refractivity contribution in [3.8, 4) is 0 Å². The fourth-order valence-corrected chi connectivity index (χ4v) is 8.67. The Morgan fingerprint density at radius 1 is 0.310 bits per heavy atom. The van der Waals surface area contributed by atoms with Crippen LogP contribution >= 0.6 is 0 Å². The first-order valence-electron chi connectivity index (χ1n) is 26.9. The summed E-state index contributed by atoms with van der Waals surface area (Å²) < 4.78 is 11.9. The lowest BCUT2D eigenvalue weighted by Gasteiger charge is -2.18. The molecule has 1 atom stereocenters. The van der Waals surface area contributed by atoms with Gasteiger partial charge in [-0.05, 0) is 57.3 Å².